The van der Waals surface area contributed by atoms with E-state index in [4.69, 9.17) is 0 Å². The normalized spacial score (nSPS) is 14.9. The van der Waals surface area contributed by atoms with E-state index in [0.29, 0.717) is 6.54 Å². The minimum Gasteiger partial charge on any atom is -0.361 e. The van der Waals surface area contributed by atoms with Crippen molar-refractivity contribution in [2.45, 2.75) is 39.3 Å². The lowest BCUT2D eigenvalue weighted by molar-refractivity contribution is 0.242. The van der Waals surface area contributed by atoms with E-state index in [1.54, 1.807) is 0 Å². The van der Waals surface area contributed by atoms with E-state index in [2.05, 4.69) is 51.2 Å². The minimum absolute atomic E-state index is 0.0343. The third-order valence-corrected chi connectivity index (χ3v) is 4.75. The van der Waals surface area contributed by atoms with Crippen molar-refractivity contribution < 1.29 is 0 Å². The summed E-state index contributed by atoms with van der Waals surface area (Å²) >= 11 is 0. The van der Waals surface area contributed by atoms with Crippen LogP contribution in [0.3, 0.4) is 0 Å². The fraction of sp³-hybridized carbons (Fsp3) is 0.368. The molecule has 2 aromatic heterocycles. The van der Waals surface area contributed by atoms with Crippen LogP contribution in [0.5, 0.6) is 0 Å². The average Bonchev–Trinajstić information content (AvgIpc) is 2.99. The zero-order chi connectivity index (χ0) is 16.5. The van der Waals surface area contributed by atoms with E-state index in [1.807, 2.05) is 6.07 Å². The van der Waals surface area contributed by atoms with Crippen molar-refractivity contribution in [1.29, 1.82) is 0 Å². The molecule has 3 heterocycles. The molecule has 2 N–H and O–H groups in total. The van der Waals surface area contributed by atoms with Crippen LogP contribution >= 0.6 is 0 Å². The molecule has 4 rings (SSSR count). The van der Waals surface area contributed by atoms with Gasteiger partial charge in [0.05, 0.1) is 11.3 Å². The molecular weight excluding hydrogens is 300 g/mol. The average molecular weight is 322 g/mol. The lowest BCUT2D eigenvalue weighted by Gasteiger charge is -2.27. The third-order valence-electron chi connectivity index (χ3n) is 4.75. The number of nitrogens with one attached hydrogen (secondary N) is 2. The highest BCUT2D eigenvalue weighted by atomic mass is 16.1. The minimum atomic E-state index is 0.0343. The summed E-state index contributed by atoms with van der Waals surface area (Å²) in [5, 5.41) is 1.26. The standard InChI is InChI=1S/C19H22N4O/c1-2-5-18-21-17-8-9-23(12-15(17)19(24)22-18)11-13-10-20-16-7-4-3-6-14(13)16/h3-4,6-7,10,20H,2,5,8-9,11-12H2,1H3,(H,21,22,24). The SMILES string of the molecule is CCCc1nc2c(c(=O)[nH]1)CN(Cc1c[nH]c3ccccc13)CC2. The van der Waals surface area contributed by atoms with Gasteiger partial charge in [0, 0.05) is 49.6 Å². The van der Waals surface area contributed by atoms with Crippen molar-refractivity contribution in [3.8, 4) is 0 Å². The van der Waals surface area contributed by atoms with Crippen LogP contribution in [0.25, 0.3) is 10.9 Å². The summed E-state index contributed by atoms with van der Waals surface area (Å²) in [7, 11) is 0. The second kappa shape index (κ2) is 6.24. The molecule has 0 aliphatic carbocycles. The molecule has 5 heteroatoms. The molecule has 0 atom stereocenters. The number of aromatic nitrogens is 3. The molecule has 0 spiro atoms. The van der Waals surface area contributed by atoms with Gasteiger partial charge in [0.2, 0.25) is 0 Å². The van der Waals surface area contributed by atoms with E-state index in [-0.39, 0.29) is 5.56 Å². The van der Waals surface area contributed by atoms with Gasteiger partial charge in [-0.15, -0.1) is 0 Å². The number of rotatable bonds is 4. The third kappa shape index (κ3) is 2.76. The molecule has 0 saturated heterocycles. The van der Waals surface area contributed by atoms with Gasteiger partial charge in [0.25, 0.3) is 5.56 Å². The number of aryl methyl sites for hydroxylation is 1. The fourth-order valence-electron chi connectivity index (χ4n) is 3.53. The molecule has 0 bridgehead atoms. The second-order valence-corrected chi connectivity index (χ2v) is 6.51. The first-order chi connectivity index (χ1) is 11.7. The molecule has 5 nitrogen and oxygen atoms in total. The van der Waals surface area contributed by atoms with Gasteiger partial charge in [-0.05, 0) is 18.1 Å². The maximum atomic E-state index is 12.4. The molecule has 0 amide bonds. The Morgan fingerprint density at radius 1 is 1.29 bits per heavy atom. The Kier molecular flexibility index (Phi) is 3.94. The maximum absolute atomic E-state index is 12.4. The van der Waals surface area contributed by atoms with E-state index < -0.39 is 0 Å². The summed E-state index contributed by atoms with van der Waals surface area (Å²) in [5.41, 5.74) is 4.29. The van der Waals surface area contributed by atoms with Crippen LogP contribution in [0.15, 0.2) is 35.3 Å². The Morgan fingerprint density at radius 3 is 3.04 bits per heavy atom. The zero-order valence-corrected chi connectivity index (χ0v) is 13.9. The van der Waals surface area contributed by atoms with Crippen molar-refractivity contribution in [2.24, 2.45) is 0 Å². The topological polar surface area (TPSA) is 64.8 Å². The summed E-state index contributed by atoms with van der Waals surface area (Å²) < 4.78 is 0. The van der Waals surface area contributed by atoms with Crippen molar-refractivity contribution >= 4 is 10.9 Å². The maximum Gasteiger partial charge on any atom is 0.255 e. The van der Waals surface area contributed by atoms with Crippen LogP contribution in [0.1, 0.15) is 36.0 Å². The van der Waals surface area contributed by atoms with Crippen molar-refractivity contribution in [2.75, 3.05) is 6.54 Å². The molecule has 0 unspecified atom stereocenters. The number of hydrogen-bond donors (Lipinski definition) is 2. The van der Waals surface area contributed by atoms with Crippen LogP contribution in [-0.2, 0) is 25.9 Å². The molecule has 0 saturated carbocycles. The fourth-order valence-corrected chi connectivity index (χ4v) is 3.53. The Hall–Kier alpha value is -2.40. The second-order valence-electron chi connectivity index (χ2n) is 6.51. The first-order valence-electron chi connectivity index (χ1n) is 8.63. The Morgan fingerprint density at radius 2 is 2.17 bits per heavy atom. The van der Waals surface area contributed by atoms with Crippen LogP contribution < -0.4 is 5.56 Å². The van der Waals surface area contributed by atoms with Crippen LogP contribution in [0.2, 0.25) is 0 Å². The van der Waals surface area contributed by atoms with E-state index in [1.165, 1.54) is 10.9 Å². The van der Waals surface area contributed by atoms with Gasteiger partial charge in [-0.2, -0.15) is 0 Å². The molecule has 1 aliphatic rings. The number of para-hydroxylation sites is 1. The Bertz CT molecular complexity index is 925. The van der Waals surface area contributed by atoms with Gasteiger partial charge >= 0.3 is 0 Å². The van der Waals surface area contributed by atoms with Crippen molar-refractivity contribution in [3.63, 3.8) is 0 Å². The number of hydrogen-bond acceptors (Lipinski definition) is 3. The largest absolute Gasteiger partial charge is 0.361 e. The number of benzene rings is 1. The van der Waals surface area contributed by atoms with Gasteiger partial charge in [0.15, 0.2) is 0 Å². The molecule has 0 fully saturated rings. The van der Waals surface area contributed by atoms with E-state index in [9.17, 15) is 4.79 Å². The van der Waals surface area contributed by atoms with Gasteiger partial charge in [-0.25, -0.2) is 4.98 Å². The number of nitrogens with zero attached hydrogens (tertiary/aromatic N) is 2. The van der Waals surface area contributed by atoms with Crippen LogP contribution in [0, 0.1) is 0 Å². The summed E-state index contributed by atoms with van der Waals surface area (Å²) in [6.07, 6.45) is 4.75. The molecular formula is C19H22N4O. The molecule has 0 radical (unpaired) electrons. The van der Waals surface area contributed by atoms with Crippen molar-refractivity contribution in [1.82, 2.24) is 19.9 Å². The lowest BCUT2D eigenvalue weighted by Crippen LogP contribution is -2.35. The zero-order valence-electron chi connectivity index (χ0n) is 13.9. The molecule has 124 valence electrons. The highest BCUT2D eigenvalue weighted by Crippen LogP contribution is 2.22. The summed E-state index contributed by atoms with van der Waals surface area (Å²) in [5.74, 6) is 0.825. The predicted octanol–water partition coefficient (Wildman–Crippen LogP) is 2.76. The highest BCUT2D eigenvalue weighted by Gasteiger charge is 2.21. The molecule has 1 aliphatic heterocycles. The van der Waals surface area contributed by atoms with Gasteiger partial charge in [-0.1, -0.05) is 25.1 Å². The number of aromatic amines is 2. The Balaban J connectivity index is 1.57. The monoisotopic (exact) mass is 322 g/mol. The molecule has 1 aromatic carbocycles. The molecule has 3 aromatic rings. The highest BCUT2D eigenvalue weighted by molar-refractivity contribution is 5.82. The van der Waals surface area contributed by atoms with Gasteiger partial charge in [0.1, 0.15) is 5.82 Å². The Labute approximate surface area is 140 Å². The summed E-state index contributed by atoms with van der Waals surface area (Å²) in [6, 6.07) is 8.34. The van der Waals surface area contributed by atoms with Crippen molar-refractivity contribution in [3.05, 3.63) is 63.5 Å². The van der Waals surface area contributed by atoms with E-state index >= 15 is 0 Å². The first-order valence-corrected chi connectivity index (χ1v) is 8.63. The summed E-state index contributed by atoms with van der Waals surface area (Å²) in [4.78, 5) is 25.6. The lowest BCUT2D eigenvalue weighted by atomic mass is 10.1. The van der Waals surface area contributed by atoms with Crippen LogP contribution in [0.4, 0.5) is 0 Å². The smallest absolute Gasteiger partial charge is 0.255 e. The van der Waals surface area contributed by atoms with Gasteiger partial charge in [-0.3, -0.25) is 9.69 Å². The number of fused-ring (bicyclic) bond motifs is 2. The number of H-pyrrole nitrogens is 2. The first kappa shape index (κ1) is 15.1. The van der Waals surface area contributed by atoms with Crippen LogP contribution in [-0.4, -0.2) is 26.4 Å². The summed E-state index contributed by atoms with van der Waals surface area (Å²) in [6.45, 7) is 4.56. The quantitative estimate of drug-likeness (QED) is 0.776. The predicted molar refractivity (Wildman–Crippen MR) is 95.0 cm³/mol. The molecule has 24 heavy (non-hydrogen) atoms. The van der Waals surface area contributed by atoms with E-state index in [0.717, 1.165) is 55.0 Å². The van der Waals surface area contributed by atoms with Gasteiger partial charge < -0.3 is 9.97 Å².